The highest BCUT2D eigenvalue weighted by Gasteiger charge is 2.35. The van der Waals surface area contributed by atoms with E-state index >= 15 is 0 Å². The third-order valence-corrected chi connectivity index (χ3v) is 5.42. The Morgan fingerprint density at radius 1 is 1.00 bits per heavy atom. The maximum Gasteiger partial charge on any atom is 0.344 e. The number of ether oxygens (including phenoxy) is 2. The van der Waals surface area contributed by atoms with Crippen LogP contribution in [0.1, 0.15) is 43.8 Å². The fourth-order valence-corrected chi connectivity index (χ4v) is 3.56. The van der Waals surface area contributed by atoms with Gasteiger partial charge in [-0.15, -0.1) is 0 Å². The fraction of sp³-hybridized carbons (Fsp3) is 0.318. The zero-order chi connectivity index (χ0) is 21.1. The summed E-state index contributed by atoms with van der Waals surface area (Å²) in [6.07, 6.45) is 0.362. The van der Waals surface area contributed by atoms with E-state index in [0.717, 1.165) is 21.2 Å². The lowest BCUT2D eigenvalue weighted by Crippen LogP contribution is -2.31. The largest absolute Gasteiger partial charge is 0.481 e. The number of rotatable bonds is 7. The summed E-state index contributed by atoms with van der Waals surface area (Å²) in [4.78, 5) is 37.9. The number of hydrogen-bond donors (Lipinski definition) is 0. The van der Waals surface area contributed by atoms with Crippen LogP contribution in [0.5, 0.6) is 5.75 Å². The molecule has 0 bridgehead atoms. The Hall–Kier alpha value is -2.67. The normalized spacial score (nSPS) is 12.9. The number of carbonyl (C=O) groups is 3. The van der Waals surface area contributed by atoms with Crippen molar-refractivity contribution in [2.75, 3.05) is 19.8 Å². The van der Waals surface area contributed by atoms with E-state index in [4.69, 9.17) is 9.47 Å². The average Bonchev–Trinajstić information content (AvgIpc) is 2.92. The molecule has 0 N–H and O–H groups in total. The third kappa shape index (κ3) is 4.50. The molecule has 29 heavy (non-hydrogen) atoms. The van der Waals surface area contributed by atoms with Gasteiger partial charge >= 0.3 is 5.97 Å². The molecule has 7 heteroatoms. The van der Waals surface area contributed by atoms with E-state index in [0.29, 0.717) is 23.3 Å². The van der Waals surface area contributed by atoms with Crippen LogP contribution in [0.15, 0.2) is 34.8 Å². The van der Waals surface area contributed by atoms with Gasteiger partial charge in [0.2, 0.25) is 0 Å². The Morgan fingerprint density at radius 3 is 2.45 bits per heavy atom. The number of aryl methyl sites for hydroxylation is 2. The van der Waals surface area contributed by atoms with Crippen LogP contribution in [0.3, 0.4) is 0 Å². The van der Waals surface area contributed by atoms with Crippen LogP contribution in [0.4, 0.5) is 0 Å². The Balaban J connectivity index is 1.45. The smallest absolute Gasteiger partial charge is 0.344 e. The van der Waals surface area contributed by atoms with Crippen molar-refractivity contribution >= 4 is 33.7 Å². The molecule has 3 rings (SSSR count). The SMILES string of the molecule is Cc1ccc(C)c(OCC(=O)OCCCN2C(=O)c3ccc(Br)cc3C2=O)c1C. The van der Waals surface area contributed by atoms with E-state index in [1.807, 2.05) is 32.9 Å². The van der Waals surface area contributed by atoms with Gasteiger partial charge < -0.3 is 9.47 Å². The van der Waals surface area contributed by atoms with Gasteiger partial charge in [0, 0.05) is 11.0 Å². The molecule has 0 spiro atoms. The van der Waals surface area contributed by atoms with E-state index in [-0.39, 0.29) is 31.6 Å². The van der Waals surface area contributed by atoms with Crippen LogP contribution in [-0.4, -0.2) is 42.4 Å². The summed E-state index contributed by atoms with van der Waals surface area (Å²) in [7, 11) is 0. The van der Waals surface area contributed by atoms with Crippen LogP contribution >= 0.6 is 15.9 Å². The van der Waals surface area contributed by atoms with Crippen LogP contribution in [0, 0.1) is 20.8 Å². The zero-order valence-corrected chi connectivity index (χ0v) is 18.2. The number of benzene rings is 2. The molecule has 0 aromatic heterocycles. The van der Waals surface area contributed by atoms with Crippen molar-refractivity contribution in [2.24, 2.45) is 0 Å². The van der Waals surface area contributed by atoms with Gasteiger partial charge in [-0.3, -0.25) is 14.5 Å². The van der Waals surface area contributed by atoms with E-state index in [2.05, 4.69) is 15.9 Å². The molecule has 1 aliphatic heterocycles. The number of carbonyl (C=O) groups excluding carboxylic acids is 3. The van der Waals surface area contributed by atoms with Crippen molar-refractivity contribution < 1.29 is 23.9 Å². The number of amides is 2. The van der Waals surface area contributed by atoms with Gasteiger partial charge in [-0.05, 0) is 62.1 Å². The van der Waals surface area contributed by atoms with Gasteiger partial charge in [0.1, 0.15) is 5.75 Å². The zero-order valence-electron chi connectivity index (χ0n) is 16.6. The van der Waals surface area contributed by atoms with Crippen molar-refractivity contribution in [2.45, 2.75) is 27.2 Å². The van der Waals surface area contributed by atoms with E-state index in [9.17, 15) is 14.4 Å². The van der Waals surface area contributed by atoms with E-state index in [1.165, 1.54) is 4.90 Å². The van der Waals surface area contributed by atoms with Gasteiger partial charge in [0.05, 0.1) is 17.7 Å². The van der Waals surface area contributed by atoms with Gasteiger partial charge in [-0.25, -0.2) is 4.79 Å². The third-order valence-electron chi connectivity index (χ3n) is 4.93. The van der Waals surface area contributed by atoms with Crippen molar-refractivity contribution in [3.63, 3.8) is 0 Å². The second-order valence-electron chi connectivity index (χ2n) is 6.97. The summed E-state index contributed by atoms with van der Waals surface area (Å²) in [6, 6.07) is 8.96. The van der Waals surface area contributed by atoms with E-state index in [1.54, 1.807) is 18.2 Å². The van der Waals surface area contributed by atoms with E-state index < -0.39 is 5.97 Å². The molecule has 1 heterocycles. The molecule has 0 atom stereocenters. The molecule has 1 aliphatic rings. The highest BCUT2D eigenvalue weighted by Crippen LogP contribution is 2.27. The molecule has 6 nitrogen and oxygen atoms in total. The number of esters is 1. The number of nitrogens with zero attached hydrogens (tertiary/aromatic N) is 1. The average molecular weight is 460 g/mol. The highest BCUT2D eigenvalue weighted by atomic mass is 79.9. The molecule has 0 saturated carbocycles. The number of hydrogen-bond acceptors (Lipinski definition) is 5. The number of imide groups is 1. The quantitative estimate of drug-likeness (QED) is 0.355. The molecular formula is C22H22BrNO5. The first kappa shape index (κ1) is 21.0. The minimum atomic E-state index is -0.489. The predicted octanol–water partition coefficient (Wildman–Crippen LogP) is 3.98. The summed E-state index contributed by atoms with van der Waals surface area (Å²) in [6.45, 7) is 5.96. The summed E-state index contributed by atoms with van der Waals surface area (Å²) < 4.78 is 11.6. The van der Waals surface area contributed by atoms with Crippen molar-refractivity contribution in [3.8, 4) is 5.75 Å². The van der Waals surface area contributed by atoms with Crippen molar-refractivity contribution in [3.05, 3.63) is 62.6 Å². The summed E-state index contributed by atoms with van der Waals surface area (Å²) >= 11 is 3.30. The summed E-state index contributed by atoms with van der Waals surface area (Å²) in [5.41, 5.74) is 3.83. The topological polar surface area (TPSA) is 72.9 Å². The highest BCUT2D eigenvalue weighted by molar-refractivity contribution is 9.10. The molecule has 152 valence electrons. The lowest BCUT2D eigenvalue weighted by molar-refractivity contribution is -0.146. The summed E-state index contributed by atoms with van der Waals surface area (Å²) in [5.74, 6) is -0.445. The monoisotopic (exact) mass is 459 g/mol. The molecule has 2 aromatic carbocycles. The minimum absolute atomic E-state index is 0.102. The van der Waals surface area contributed by atoms with Crippen LogP contribution in [0.2, 0.25) is 0 Å². The first-order valence-electron chi connectivity index (χ1n) is 9.30. The second-order valence-corrected chi connectivity index (χ2v) is 7.88. The molecule has 0 saturated heterocycles. The Morgan fingerprint density at radius 2 is 1.69 bits per heavy atom. The van der Waals surface area contributed by atoms with Gasteiger partial charge in [-0.2, -0.15) is 0 Å². The van der Waals surface area contributed by atoms with Crippen LogP contribution in [-0.2, 0) is 9.53 Å². The number of fused-ring (bicyclic) bond motifs is 1. The first-order chi connectivity index (χ1) is 13.8. The van der Waals surface area contributed by atoms with Crippen LogP contribution in [0.25, 0.3) is 0 Å². The summed E-state index contributed by atoms with van der Waals surface area (Å²) in [5, 5.41) is 0. The molecule has 0 radical (unpaired) electrons. The predicted molar refractivity (Wildman–Crippen MR) is 111 cm³/mol. The van der Waals surface area contributed by atoms with Crippen molar-refractivity contribution in [1.82, 2.24) is 4.90 Å². The molecule has 2 amide bonds. The van der Waals surface area contributed by atoms with Crippen molar-refractivity contribution in [1.29, 1.82) is 0 Å². The maximum absolute atomic E-state index is 12.4. The molecule has 2 aromatic rings. The molecule has 0 unspecified atom stereocenters. The van der Waals surface area contributed by atoms with Crippen LogP contribution < -0.4 is 4.74 Å². The number of halogens is 1. The van der Waals surface area contributed by atoms with Gasteiger partial charge in [0.15, 0.2) is 6.61 Å². The minimum Gasteiger partial charge on any atom is -0.481 e. The first-order valence-corrected chi connectivity index (χ1v) is 10.1. The Labute approximate surface area is 177 Å². The van der Waals surface area contributed by atoms with Gasteiger partial charge in [0.25, 0.3) is 11.8 Å². The molecule has 0 fully saturated rings. The maximum atomic E-state index is 12.4. The molecular weight excluding hydrogens is 438 g/mol. The molecule has 0 aliphatic carbocycles. The Bertz CT molecular complexity index is 985. The lowest BCUT2D eigenvalue weighted by atomic mass is 10.1. The lowest BCUT2D eigenvalue weighted by Gasteiger charge is -2.15. The second kappa shape index (κ2) is 8.78. The van der Waals surface area contributed by atoms with Gasteiger partial charge in [-0.1, -0.05) is 28.1 Å². The Kier molecular flexibility index (Phi) is 6.37. The standard InChI is InChI=1S/C22H22BrNO5/c1-13-5-6-14(2)20(15(13)3)29-12-19(25)28-10-4-9-24-21(26)17-8-7-16(23)11-18(17)22(24)27/h5-8,11H,4,9-10,12H2,1-3H3. The fourth-order valence-electron chi connectivity index (χ4n) is 3.20.